The van der Waals surface area contributed by atoms with Crippen LogP contribution in [0.25, 0.3) is 11.3 Å². The van der Waals surface area contributed by atoms with Gasteiger partial charge in [0.15, 0.2) is 11.5 Å². The molecule has 0 unspecified atom stereocenters. The van der Waals surface area contributed by atoms with E-state index in [1.807, 2.05) is 42.5 Å². The molecule has 1 aliphatic carbocycles. The highest BCUT2D eigenvalue weighted by Crippen LogP contribution is 2.28. The van der Waals surface area contributed by atoms with Gasteiger partial charge >= 0.3 is 0 Å². The van der Waals surface area contributed by atoms with Crippen molar-refractivity contribution < 1.29 is 9.47 Å². The van der Waals surface area contributed by atoms with Gasteiger partial charge in [-0.05, 0) is 37.0 Å². The second-order valence-corrected chi connectivity index (χ2v) is 7.11. The van der Waals surface area contributed by atoms with Gasteiger partial charge in [-0.1, -0.05) is 36.4 Å². The van der Waals surface area contributed by atoms with Gasteiger partial charge in [0, 0.05) is 24.2 Å². The molecular weight excluding hydrogens is 364 g/mol. The smallest absolute Gasteiger partial charge is 0.225 e. The third kappa shape index (κ3) is 4.96. The Balaban J connectivity index is 1.47. The standard InChI is InChI=1S/C23H26N4O2/c1-28-20-11-8-16(14-21(20)29-2)12-13-24-23-26-19(17-6-4-3-5-7-17)15-22(27-23)25-18-9-10-18/h3-8,11,14-15,18H,9-10,12-13H2,1-2H3,(H2,24,25,26,27). The van der Waals surface area contributed by atoms with Crippen LogP contribution in [0, 0.1) is 0 Å². The minimum atomic E-state index is 0.535. The third-order valence-corrected chi connectivity index (χ3v) is 4.87. The summed E-state index contributed by atoms with van der Waals surface area (Å²) in [6.07, 6.45) is 3.23. The summed E-state index contributed by atoms with van der Waals surface area (Å²) in [5.41, 5.74) is 3.15. The first-order valence-corrected chi connectivity index (χ1v) is 9.91. The van der Waals surface area contributed by atoms with Crippen LogP contribution in [-0.2, 0) is 6.42 Å². The quantitative estimate of drug-likeness (QED) is 0.565. The van der Waals surface area contributed by atoms with Crippen LogP contribution in [0.15, 0.2) is 54.6 Å². The topological polar surface area (TPSA) is 68.3 Å². The Labute approximate surface area is 171 Å². The molecule has 2 aromatic carbocycles. The van der Waals surface area contributed by atoms with Crippen molar-refractivity contribution in [2.24, 2.45) is 0 Å². The van der Waals surface area contributed by atoms with Crippen molar-refractivity contribution in [2.75, 3.05) is 31.4 Å². The van der Waals surface area contributed by atoms with Crippen molar-refractivity contribution >= 4 is 11.8 Å². The van der Waals surface area contributed by atoms with Gasteiger partial charge in [0.25, 0.3) is 0 Å². The summed E-state index contributed by atoms with van der Waals surface area (Å²) in [5.74, 6) is 2.98. The molecule has 0 atom stereocenters. The van der Waals surface area contributed by atoms with E-state index in [-0.39, 0.29) is 0 Å². The van der Waals surface area contributed by atoms with Crippen molar-refractivity contribution in [1.82, 2.24) is 9.97 Å². The number of anilines is 2. The molecule has 3 aromatic rings. The van der Waals surface area contributed by atoms with E-state index in [1.165, 1.54) is 12.8 Å². The van der Waals surface area contributed by atoms with E-state index in [2.05, 4.69) is 27.8 Å². The zero-order valence-corrected chi connectivity index (χ0v) is 16.8. The number of hydrogen-bond acceptors (Lipinski definition) is 6. The highest BCUT2D eigenvalue weighted by Gasteiger charge is 2.22. The Bertz CT molecular complexity index is 958. The number of nitrogens with one attached hydrogen (secondary N) is 2. The van der Waals surface area contributed by atoms with Crippen molar-refractivity contribution in [2.45, 2.75) is 25.3 Å². The maximum Gasteiger partial charge on any atom is 0.225 e. The van der Waals surface area contributed by atoms with Crippen LogP contribution in [0.3, 0.4) is 0 Å². The molecule has 2 N–H and O–H groups in total. The Morgan fingerprint density at radius 3 is 2.45 bits per heavy atom. The second-order valence-electron chi connectivity index (χ2n) is 7.11. The number of methoxy groups -OCH3 is 2. The predicted octanol–water partition coefficient (Wildman–Crippen LogP) is 4.39. The van der Waals surface area contributed by atoms with Gasteiger partial charge in [0.1, 0.15) is 5.82 Å². The fourth-order valence-corrected chi connectivity index (χ4v) is 3.15. The summed E-state index contributed by atoms with van der Waals surface area (Å²) in [7, 11) is 3.29. The number of aromatic nitrogens is 2. The number of benzene rings is 2. The van der Waals surface area contributed by atoms with Crippen molar-refractivity contribution in [3.8, 4) is 22.8 Å². The molecule has 1 saturated carbocycles. The number of nitrogens with zero attached hydrogens (tertiary/aromatic N) is 2. The molecule has 6 nitrogen and oxygen atoms in total. The summed E-state index contributed by atoms with van der Waals surface area (Å²) in [6.45, 7) is 0.719. The molecule has 0 spiro atoms. The van der Waals surface area contributed by atoms with E-state index in [0.717, 1.165) is 47.1 Å². The van der Waals surface area contributed by atoms with Gasteiger partial charge in [-0.3, -0.25) is 0 Å². The van der Waals surface area contributed by atoms with Crippen molar-refractivity contribution in [1.29, 1.82) is 0 Å². The molecule has 1 heterocycles. The fraction of sp³-hybridized carbons (Fsp3) is 0.304. The largest absolute Gasteiger partial charge is 0.493 e. The van der Waals surface area contributed by atoms with Gasteiger partial charge in [-0.2, -0.15) is 4.98 Å². The van der Waals surface area contributed by atoms with Gasteiger partial charge in [0.05, 0.1) is 19.9 Å². The molecule has 0 saturated heterocycles. The first-order valence-electron chi connectivity index (χ1n) is 9.91. The first-order chi connectivity index (χ1) is 14.2. The molecule has 6 heteroatoms. The van der Waals surface area contributed by atoms with Crippen LogP contribution in [0.1, 0.15) is 18.4 Å². The Morgan fingerprint density at radius 2 is 1.72 bits per heavy atom. The Morgan fingerprint density at radius 1 is 0.931 bits per heavy atom. The summed E-state index contributed by atoms with van der Waals surface area (Å²) in [5, 5.41) is 6.85. The van der Waals surface area contributed by atoms with Crippen LogP contribution in [0.2, 0.25) is 0 Å². The Kier molecular flexibility index (Phi) is 5.79. The lowest BCUT2D eigenvalue weighted by atomic mass is 10.1. The van der Waals surface area contributed by atoms with E-state index in [4.69, 9.17) is 14.5 Å². The molecule has 150 valence electrons. The number of rotatable bonds is 9. The summed E-state index contributed by atoms with van der Waals surface area (Å²) in [6, 6.07) is 18.7. The van der Waals surface area contributed by atoms with Crippen LogP contribution < -0.4 is 20.1 Å². The van der Waals surface area contributed by atoms with Crippen LogP contribution in [-0.4, -0.2) is 36.8 Å². The van der Waals surface area contributed by atoms with Crippen LogP contribution in [0.4, 0.5) is 11.8 Å². The van der Waals surface area contributed by atoms with E-state index in [1.54, 1.807) is 14.2 Å². The Hall–Kier alpha value is -3.28. The van der Waals surface area contributed by atoms with Gasteiger partial charge < -0.3 is 20.1 Å². The normalized spacial score (nSPS) is 13.0. The molecule has 0 aliphatic heterocycles. The highest BCUT2D eigenvalue weighted by atomic mass is 16.5. The molecule has 1 fully saturated rings. The number of ether oxygens (including phenoxy) is 2. The van der Waals surface area contributed by atoms with Gasteiger partial charge in [0.2, 0.25) is 5.95 Å². The van der Waals surface area contributed by atoms with Gasteiger partial charge in [-0.25, -0.2) is 4.98 Å². The van der Waals surface area contributed by atoms with Crippen molar-refractivity contribution in [3.05, 3.63) is 60.2 Å². The molecule has 0 radical (unpaired) electrons. The molecular formula is C23H26N4O2. The van der Waals surface area contributed by atoms with Gasteiger partial charge in [-0.15, -0.1) is 0 Å². The van der Waals surface area contributed by atoms with Crippen LogP contribution >= 0.6 is 0 Å². The predicted molar refractivity (Wildman–Crippen MR) is 116 cm³/mol. The molecule has 29 heavy (non-hydrogen) atoms. The molecule has 0 bridgehead atoms. The highest BCUT2D eigenvalue weighted by molar-refractivity contribution is 5.64. The monoisotopic (exact) mass is 390 g/mol. The van der Waals surface area contributed by atoms with E-state index in [0.29, 0.717) is 12.0 Å². The molecule has 1 aliphatic rings. The number of hydrogen-bond donors (Lipinski definition) is 2. The molecule has 4 rings (SSSR count). The summed E-state index contributed by atoms with van der Waals surface area (Å²) in [4.78, 5) is 9.37. The SMILES string of the molecule is COc1ccc(CCNc2nc(NC3CC3)cc(-c3ccccc3)n2)cc1OC. The average molecular weight is 390 g/mol. The molecule has 0 amide bonds. The lowest BCUT2D eigenvalue weighted by Gasteiger charge is -2.12. The van der Waals surface area contributed by atoms with E-state index in [9.17, 15) is 0 Å². The zero-order valence-electron chi connectivity index (χ0n) is 16.8. The maximum absolute atomic E-state index is 5.39. The maximum atomic E-state index is 5.39. The summed E-state index contributed by atoms with van der Waals surface area (Å²) >= 11 is 0. The minimum absolute atomic E-state index is 0.535. The third-order valence-electron chi connectivity index (χ3n) is 4.87. The average Bonchev–Trinajstić information content (AvgIpc) is 3.58. The first kappa shape index (κ1) is 19.1. The van der Waals surface area contributed by atoms with E-state index >= 15 is 0 Å². The lowest BCUT2D eigenvalue weighted by molar-refractivity contribution is 0.354. The van der Waals surface area contributed by atoms with Crippen molar-refractivity contribution in [3.63, 3.8) is 0 Å². The summed E-state index contributed by atoms with van der Waals surface area (Å²) < 4.78 is 10.7. The van der Waals surface area contributed by atoms with Crippen LogP contribution in [0.5, 0.6) is 11.5 Å². The second kappa shape index (κ2) is 8.82. The molecule has 1 aromatic heterocycles. The fourth-order valence-electron chi connectivity index (χ4n) is 3.15. The van der Waals surface area contributed by atoms with E-state index < -0.39 is 0 Å². The lowest BCUT2D eigenvalue weighted by Crippen LogP contribution is -2.11. The minimum Gasteiger partial charge on any atom is -0.493 e. The zero-order chi connectivity index (χ0) is 20.1.